The first-order chi connectivity index (χ1) is 10.0. The van der Waals surface area contributed by atoms with Crippen LogP contribution in [-0.4, -0.2) is 10.8 Å². The first-order valence-electron chi connectivity index (χ1n) is 5.77. The molecule has 0 aliphatic heterocycles. The van der Waals surface area contributed by atoms with Gasteiger partial charge in [-0.3, -0.25) is 14.9 Å². The van der Waals surface area contributed by atoms with Crippen molar-refractivity contribution in [2.45, 2.75) is 0 Å². The van der Waals surface area contributed by atoms with Crippen molar-refractivity contribution in [2.75, 3.05) is 5.32 Å². The van der Waals surface area contributed by atoms with Gasteiger partial charge in [0.15, 0.2) is 0 Å². The van der Waals surface area contributed by atoms with Gasteiger partial charge < -0.3 is 5.32 Å². The zero-order valence-electron chi connectivity index (χ0n) is 10.5. The minimum absolute atomic E-state index is 0.0472. The Morgan fingerprint density at radius 1 is 1.29 bits per heavy atom. The zero-order chi connectivity index (χ0) is 15.4. The number of carbonyl (C=O) groups excluding carboxylic acids is 1. The molecule has 0 bridgehead atoms. The molecule has 0 atom stereocenters. The van der Waals surface area contributed by atoms with Gasteiger partial charge in [0.05, 0.1) is 16.2 Å². The molecule has 104 valence electrons. The summed E-state index contributed by atoms with van der Waals surface area (Å²) in [5, 5.41) is 22.2. The molecule has 1 amide bonds. The number of rotatable bonds is 3. The van der Waals surface area contributed by atoms with E-state index < -0.39 is 10.8 Å². The molecular formula is C14H8ClN3O3. The number of halogens is 1. The number of nitrogens with zero attached hydrogens (tertiary/aromatic N) is 2. The van der Waals surface area contributed by atoms with Crippen LogP contribution in [0.5, 0.6) is 0 Å². The van der Waals surface area contributed by atoms with Crippen molar-refractivity contribution in [3.05, 3.63) is 68.7 Å². The van der Waals surface area contributed by atoms with Crippen LogP contribution in [-0.2, 0) is 0 Å². The summed E-state index contributed by atoms with van der Waals surface area (Å²) in [7, 11) is 0. The number of nitro groups is 1. The third kappa shape index (κ3) is 3.16. The lowest BCUT2D eigenvalue weighted by Crippen LogP contribution is -2.13. The molecule has 0 unspecified atom stereocenters. The van der Waals surface area contributed by atoms with Crippen LogP contribution in [0.3, 0.4) is 0 Å². The molecule has 0 aliphatic rings. The minimum atomic E-state index is -0.664. The maximum absolute atomic E-state index is 12.1. The molecule has 0 saturated heterocycles. The number of hydrogen-bond donors (Lipinski definition) is 1. The molecule has 0 saturated carbocycles. The molecule has 0 aliphatic carbocycles. The molecular weight excluding hydrogens is 294 g/mol. The molecule has 7 heteroatoms. The Morgan fingerprint density at radius 2 is 2.00 bits per heavy atom. The first kappa shape index (κ1) is 14.5. The van der Waals surface area contributed by atoms with Gasteiger partial charge in [0.25, 0.3) is 11.6 Å². The van der Waals surface area contributed by atoms with Gasteiger partial charge in [0.2, 0.25) is 0 Å². The van der Waals surface area contributed by atoms with Crippen LogP contribution >= 0.6 is 11.6 Å². The standard InChI is InChI=1S/C14H8ClN3O3/c15-11-6-5-9(7-13(11)18(20)21)14(19)17-12-4-2-1-3-10(12)8-16/h1-7H,(H,17,19). The quantitative estimate of drug-likeness (QED) is 0.694. The number of nitrogens with one attached hydrogen (secondary N) is 1. The number of hydrogen-bond acceptors (Lipinski definition) is 4. The number of anilines is 1. The smallest absolute Gasteiger partial charge is 0.288 e. The van der Waals surface area contributed by atoms with E-state index in [2.05, 4.69) is 5.32 Å². The Bertz CT molecular complexity index is 768. The third-order valence-electron chi connectivity index (χ3n) is 2.70. The fourth-order valence-corrected chi connectivity index (χ4v) is 1.86. The lowest BCUT2D eigenvalue weighted by Gasteiger charge is -2.07. The zero-order valence-corrected chi connectivity index (χ0v) is 11.3. The van der Waals surface area contributed by atoms with E-state index in [0.717, 1.165) is 6.07 Å². The summed E-state index contributed by atoms with van der Waals surface area (Å²) in [5.74, 6) is -0.558. The summed E-state index contributed by atoms with van der Waals surface area (Å²) in [5.41, 5.74) is 0.369. The van der Waals surface area contributed by atoms with E-state index in [1.165, 1.54) is 12.1 Å². The summed E-state index contributed by atoms with van der Waals surface area (Å²) in [4.78, 5) is 22.2. The van der Waals surface area contributed by atoms with Gasteiger partial charge in [-0.1, -0.05) is 23.7 Å². The number of amides is 1. The topological polar surface area (TPSA) is 96.0 Å². The summed E-state index contributed by atoms with van der Waals surface area (Å²) < 4.78 is 0. The minimum Gasteiger partial charge on any atom is -0.321 e. The van der Waals surface area contributed by atoms with E-state index in [9.17, 15) is 14.9 Å². The van der Waals surface area contributed by atoms with Gasteiger partial charge in [-0.15, -0.1) is 0 Å². The van der Waals surface area contributed by atoms with Crippen LogP contribution in [0.25, 0.3) is 0 Å². The highest BCUT2D eigenvalue weighted by Gasteiger charge is 2.16. The Kier molecular flexibility index (Phi) is 4.16. The van der Waals surface area contributed by atoms with E-state index in [1.54, 1.807) is 24.3 Å². The second-order valence-corrected chi connectivity index (χ2v) is 4.44. The van der Waals surface area contributed by atoms with Crippen molar-refractivity contribution in [3.63, 3.8) is 0 Å². The highest BCUT2D eigenvalue weighted by atomic mass is 35.5. The van der Waals surface area contributed by atoms with Crippen molar-refractivity contribution in [1.29, 1.82) is 5.26 Å². The highest BCUT2D eigenvalue weighted by molar-refractivity contribution is 6.32. The van der Waals surface area contributed by atoms with Crippen molar-refractivity contribution in [3.8, 4) is 6.07 Å². The third-order valence-corrected chi connectivity index (χ3v) is 3.02. The lowest BCUT2D eigenvalue weighted by atomic mass is 10.1. The Hall–Kier alpha value is -2.91. The van der Waals surface area contributed by atoms with Gasteiger partial charge in [-0.05, 0) is 24.3 Å². The molecule has 0 fully saturated rings. The Balaban J connectivity index is 2.31. The number of benzene rings is 2. The predicted octanol–water partition coefficient (Wildman–Crippen LogP) is 3.37. The molecule has 0 radical (unpaired) electrons. The molecule has 6 nitrogen and oxygen atoms in total. The lowest BCUT2D eigenvalue weighted by molar-refractivity contribution is -0.384. The molecule has 0 heterocycles. The van der Waals surface area contributed by atoms with Gasteiger partial charge in [-0.2, -0.15) is 5.26 Å². The second kappa shape index (κ2) is 6.03. The van der Waals surface area contributed by atoms with E-state index >= 15 is 0 Å². The van der Waals surface area contributed by atoms with Crippen LogP contribution in [0, 0.1) is 21.4 Å². The normalized spacial score (nSPS) is 9.71. The van der Waals surface area contributed by atoms with Crippen molar-refractivity contribution in [1.82, 2.24) is 0 Å². The van der Waals surface area contributed by atoms with Gasteiger partial charge in [0, 0.05) is 11.6 Å². The van der Waals surface area contributed by atoms with Crippen LogP contribution in [0.2, 0.25) is 5.02 Å². The van der Waals surface area contributed by atoms with Crippen molar-refractivity contribution >= 4 is 28.9 Å². The fraction of sp³-hybridized carbons (Fsp3) is 0. The van der Waals surface area contributed by atoms with Crippen LogP contribution in [0.1, 0.15) is 15.9 Å². The van der Waals surface area contributed by atoms with E-state index in [4.69, 9.17) is 16.9 Å². The molecule has 0 aromatic heterocycles. The monoisotopic (exact) mass is 301 g/mol. The molecule has 21 heavy (non-hydrogen) atoms. The van der Waals surface area contributed by atoms with Crippen molar-refractivity contribution in [2.24, 2.45) is 0 Å². The van der Waals surface area contributed by atoms with E-state index in [-0.39, 0.29) is 16.3 Å². The van der Waals surface area contributed by atoms with Gasteiger partial charge in [0.1, 0.15) is 11.1 Å². The predicted molar refractivity (Wildman–Crippen MR) is 77.2 cm³/mol. The molecule has 0 spiro atoms. The van der Waals surface area contributed by atoms with Crippen LogP contribution in [0.4, 0.5) is 11.4 Å². The maximum Gasteiger partial charge on any atom is 0.288 e. The maximum atomic E-state index is 12.1. The van der Waals surface area contributed by atoms with Gasteiger partial charge >= 0.3 is 0 Å². The highest BCUT2D eigenvalue weighted by Crippen LogP contribution is 2.25. The average molecular weight is 302 g/mol. The van der Waals surface area contributed by atoms with E-state index in [1.807, 2.05) is 6.07 Å². The van der Waals surface area contributed by atoms with Crippen LogP contribution in [0.15, 0.2) is 42.5 Å². The first-order valence-corrected chi connectivity index (χ1v) is 6.15. The molecule has 2 aromatic carbocycles. The molecule has 2 aromatic rings. The summed E-state index contributed by atoms with van der Waals surface area (Å²) in [6.45, 7) is 0. The van der Waals surface area contributed by atoms with Crippen molar-refractivity contribution < 1.29 is 9.72 Å². The fourth-order valence-electron chi connectivity index (χ4n) is 1.68. The number of nitriles is 1. The SMILES string of the molecule is N#Cc1ccccc1NC(=O)c1ccc(Cl)c([N+](=O)[O-])c1. The average Bonchev–Trinajstić information content (AvgIpc) is 2.47. The van der Waals surface area contributed by atoms with Gasteiger partial charge in [-0.25, -0.2) is 0 Å². The molecule has 2 rings (SSSR count). The van der Waals surface area contributed by atoms with Crippen LogP contribution < -0.4 is 5.32 Å². The molecule has 1 N–H and O–H groups in total. The number of carbonyl (C=O) groups is 1. The Morgan fingerprint density at radius 3 is 2.67 bits per heavy atom. The second-order valence-electron chi connectivity index (χ2n) is 4.03. The summed E-state index contributed by atoms with van der Waals surface area (Å²) in [6.07, 6.45) is 0. The Labute approximate surface area is 124 Å². The number of nitro benzene ring substituents is 1. The van der Waals surface area contributed by atoms with E-state index in [0.29, 0.717) is 11.3 Å². The summed E-state index contributed by atoms with van der Waals surface area (Å²) >= 11 is 5.69. The number of para-hydroxylation sites is 1. The summed E-state index contributed by atoms with van der Waals surface area (Å²) in [6, 6.07) is 12.2. The largest absolute Gasteiger partial charge is 0.321 e.